The van der Waals surface area contributed by atoms with Gasteiger partial charge in [0, 0.05) is 18.7 Å². The summed E-state index contributed by atoms with van der Waals surface area (Å²) in [4.78, 5) is 12.2. The van der Waals surface area contributed by atoms with E-state index in [0.29, 0.717) is 41.5 Å². The third-order valence-corrected chi connectivity index (χ3v) is 3.83. The van der Waals surface area contributed by atoms with Crippen molar-refractivity contribution in [2.45, 2.75) is 20.4 Å². The van der Waals surface area contributed by atoms with E-state index in [4.69, 9.17) is 21.1 Å². The molecule has 0 radical (unpaired) electrons. The molecule has 1 aliphatic rings. The maximum atomic E-state index is 12.2. The number of ether oxygens (including phenoxy) is 2. The van der Waals surface area contributed by atoms with Crippen LogP contribution in [0.15, 0.2) is 30.5 Å². The average Bonchev–Trinajstić information content (AvgIpc) is 2.99. The second-order valence-electron chi connectivity index (χ2n) is 6.14. The zero-order valence-electron chi connectivity index (χ0n) is 14.2. The van der Waals surface area contributed by atoms with Gasteiger partial charge in [-0.15, -0.1) is 0 Å². The van der Waals surface area contributed by atoms with E-state index in [1.807, 2.05) is 0 Å². The van der Waals surface area contributed by atoms with E-state index in [0.717, 1.165) is 12.1 Å². The Morgan fingerprint density at radius 2 is 2.20 bits per heavy atom. The standard InChI is InChI=1S/C18H20ClN3O3/c1-12(2)11-22-16(5-6-20-22)21-17(23)4-3-13-9-14(19)18-15(10-13)24-7-8-25-18/h3-6,9-10,12H,7-8,11H2,1-2H3,(H,21,23)/b4-3+. The van der Waals surface area contributed by atoms with Crippen LogP contribution in [0.1, 0.15) is 19.4 Å². The minimum Gasteiger partial charge on any atom is -0.486 e. The molecule has 1 aromatic heterocycles. The highest BCUT2D eigenvalue weighted by Gasteiger charge is 2.16. The predicted molar refractivity (Wildman–Crippen MR) is 97.2 cm³/mol. The summed E-state index contributed by atoms with van der Waals surface area (Å²) >= 11 is 6.20. The van der Waals surface area contributed by atoms with Crippen molar-refractivity contribution in [1.82, 2.24) is 9.78 Å². The second-order valence-corrected chi connectivity index (χ2v) is 6.55. The summed E-state index contributed by atoms with van der Waals surface area (Å²) in [6, 6.07) is 5.31. The second kappa shape index (κ2) is 7.61. The fraction of sp³-hybridized carbons (Fsp3) is 0.333. The molecule has 0 unspecified atom stereocenters. The van der Waals surface area contributed by atoms with Crippen LogP contribution in [0.5, 0.6) is 11.5 Å². The van der Waals surface area contributed by atoms with Gasteiger partial charge < -0.3 is 14.8 Å². The Morgan fingerprint density at radius 3 is 3.00 bits per heavy atom. The highest BCUT2D eigenvalue weighted by atomic mass is 35.5. The Labute approximate surface area is 151 Å². The number of carbonyl (C=O) groups is 1. The number of nitrogens with one attached hydrogen (secondary N) is 1. The lowest BCUT2D eigenvalue weighted by Crippen LogP contribution is -2.16. The maximum Gasteiger partial charge on any atom is 0.249 e. The van der Waals surface area contributed by atoms with Gasteiger partial charge in [0.05, 0.1) is 11.2 Å². The number of fused-ring (bicyclic) bond motifs is 1. The van der Waals surface area contributed by atoms with E-state index in [2.05, 4.69) is 24.3 Å². The summed E-state index contributed by atoms with van der Waals surface area (Å²) in [6.07, 6.45) is 4.80. The summed E-state index contributed by atoms with van der Waals surface area (Å²) in [5, 5.41) is 7.51. The lowest BCUT2D eigenvalue weighted by molar-refractivity contribution is -0.111. The molecule has 0 bridgehead atoms. The number of carbonyl (C=O) groups excluding carboxylic acids is 1. The van der Waals surface area contributed by atoms with Gasteiger partial charge in [-0.25, -0.2) is 4.68 Å². The van der Waals surface area contributed by atoms with Crippen LogP contribution in [0.3, 0.4) is 0 Å². The van der Waals surface area contributed by atoms with E-state index < -0.39 is 0 Å². The largest absolute Gasteiger partial charge is 0.486 e. The highest BCUT2D eigenvalue weighted by molar-refractivity contribution is 6.32. The molecule has 25 heavy (non-hydrogen) atoms. The molecule has 0 saturated heterocycles. The molecule has 1 aliphatic heterocycles. The molecule has 1 N–H and O–H groups in total. The number of benzene rings is 1. The lowest BCUT2D eigenvalue weighted by atomic mass is 10.1. The zero-order valence-corrected chi connectivity index (χ0v) is 14.9. The number of aromatic nitrogens is 2. The van der Waals surface area contributed by atoms with Crippen molar-refractivity contribution in [3.05, 3.63) is 41.1 Å². The Balaban J connectivity index is 1.69. The quantitative estimate of drug-likeness (QED) is 0.826. The number of halogens is 1. The smallest absolute Gasteiger partial charge is 0.249 e. The minimum absolute atomic E-state index is 0.239. The number of rotatable bonds is 5. The summed E-state index contributed by atoms with van der Waals surface area (Å²) < 4.78 is 12.8. The molecule has 0 atom stereocenters. The van der Waals surface area contributed by atoms with Gasteiger partial charge in [-0.05, 0) is 29.7 Å². The van der Waals surface area contributed by atoms with Gasteiger partial charge in [0.1, 0.15) is 19.0 Å². The van der Waals surface area contributed by atoms with Crippen LogP contribution in [0, 0.1) is 5.92 Å². The Morgan fingerprint density at radius 1 is 1.40 bits per heavy atom. The van der Waals surface area contributed by atoms with Crippen LogP contribution < -0.4 is 14.8 Å². The molecule has 0 spiro atoms. The first-order chi connectivity index (χ1) is 12.0. The van der Waals surface area contributed by atoms with Gasteiger partial charge in [0.25, 0.3) is 0 Å². The molecule has 0 fully saturated rings. The summed E-state index contributed by atoms with van der Waals surface area (Å²) in [6.45, 7) is 5.90. The summed E-state index contributed by atoms with van der Waals surface area (Å²) in [7, 11) is 0. The van der Waals surface area contributed by atoms with Gasteiger partial charge in [-0.1, -0.05) is 25.4 Å². The first-order valence-electron chi connectivity index (χ1n) is 8.13. The maximum absolute atomic E-state index is 12.2. The van der Waals surface area contributed by atoms with Crippen molar-refractivity contribution in [3.63, 3.8) is 0 Å². The van der Waals surface area contributed by atoms with E-state index in [9.17, 15) is 4.79 Å². The minimum atomic E-state index is -0.239. The van der Waals surface area contributed by atoms with E-state index in [-0.39, 0.29) is 5.91 Å². The van der Waals surface area contributed by atoms with E-state index in [1.165, 1.54) is 6.08 Å². The van der Waals surface area contributed by atoms with Crippen molar-refractivity contribution in [2.75, 3.05) is 18.5 Å². The number of hydrogen-bond donors (Lipinski definition) is 1. The van der Waals surface area contributed by atoms with E-state index in [1.54, 1.807) is 35.2 Å². The van der Waals surface area contributed by atoms with Crippen LogP contribution >= 0.6 is 11.6 Å². The average molecular weight is 362 g/mol. The summed E-state index contributed by atoms with van der Waals surface area (Å²) in [5.74, 6) is 2.01. The molecular formula is C18H20ClN3O3. The Bertz CT molecular complexity index is 799. The number of anilines is 1. The third kappa shape index (κ3) is 4.33. The molecule has 0 aliphatic carbocycles. The van der Waals surface area contributed by atoms with Crippen molar-refractivity contribution in [3.8, 4) is 11.5 Å². The molecule has 132 valence electrons. The Kier molecular flexibility index (Phi) is 5.28. The molecule has 7 heteroatoms. The molecule has 0 saturated carbocycles. The third-order valence-electron chi connectivity index (χ3n) is 3.55. The zero-order chi connectivity index (χ0) is 17.8. The molecule has 6 nitrogen and oxygen atoms in total. The first-order valence-corrected chi connectivity index (χ1v) is 8.51. The molecule has 1 amide bonds. The van der Waals surface area contributed by atoms with Crippen molar-refractivity contribution in [2.24, 2.45) is 5.92 Å². The molecule has 2 aromatic rings. The molecule has 3 rings (SSSR count). The van der Waals surface area contributed by atoms with Crippen LogP contribution in [-0.4, -0.2) is 28.9 Å². The van der Waals surface area contributed by atoms with Crippen molar-refractivity contribution < 1.29 is 14.3 Å². The number of nitrogens with zero attached hydrogens (tertiary/aromatic N) is 2. The predicted octanol–water partition coefficient (Wildman–Crippen LogP) is 3.62. The fourth-order valence-corrected chi connectivity index (χ4v) is 2.77. The highest BCUT2D eigenvalue weighted by Crippen LogP contribution is 2.38. The topological polar surface area (TPSA) is 65.4 Å². The van der Waals surface area contributed by atoms with E-state index >= 15 is 0 Å². The molecular weight excluding hydrogens is 342 g/mol. The Hall–Kier alpha value is -2.47. The summed E-state index contributed by atoms with van der Waals surface area (Å²) in [5.41, 5.74) is 0.764. The lowest BCUT2D eigenvalue weighted by Gasteiger charge is -2.19. The van der Waals surface area contributed by atoms with Crippen molar-refractivity contribution >= 4 is 29.4 Å². The van der Waals surface area contributed by atoms with Gasteiger partial charge in [-0.3, -0.25) is 4.79 Å². The monoisotopic (exact) mass is 361 g/mol. The first kappa shape index (κ1) is 17.4. The van der Waals surface area contributed by atoms with Crippen LogP contribution in [-0.2, 0) is 11.3 Å². The van der Waals surface area contributed by atoms with Gasteiger partial charge in [-0.2, -0.15) is 5.10 Å². The van der Waals surface area contributed by atoms with Gasteiger partial charge >= 0.3 is 0 Å². The SMILES string of the molecule is CC(C)Cn1nccc1NC(=O)/C=C/c1cc(Cl)c2c(c1)OCCO2. The number of hydrogen-bond acceptors (Lipinski definition) is 4. The van der Waals surface area contributed by atoms with Crippen LogP contribution in [0.25, 0.3) is 6.08 Å². The fourth-order valence-electron chi connectivity index (χ4n) is 2.50. The molecule has 2 heterocycles. The van der Waals surface area contributed by atoms with Gasteiger partial charge in [0.15, 0.2) is 11.5 Å². The van der Waals surface area contributed by atoms with Crippen molar-refractivity contribution in [1.29, 1.82) is 0 Å². The van der Waals surface area contributed by atoms with Crippen LogP contribution in [0.4, 0.5) is 5.82 Å². The van der Waals surface area contributed by atoms with Gasteiger partial charge in [0.2, 0.25) is 5.91 Å². The number of amides is 1. The normalized spacial score (nSPS) is 13.4. The van der Waals surface area contributed by atoms with Crippen LogP contribution in [0.2, 0.25) is 5.02 Å². The molecule has 1 aromatic carbocycles.